The van der Waals surface area contributed by atoms with Crippen molar-refractivity contribution >= 4 is 11.6 Å². The lowest BCUT2D eigenvalue weighted by molar-refractivity contribution is 0.626. The zero-order valence-electron chi connectivity index (χ0n) is 14.2. The van der Waals surface area contributed by atoms with Crippen LogP contribution in [0.1, 0.15) is 35.2 Å². The van der Waals surface area contributed by atoms with E-state index in [2.05, 4.69) is 53.6 Å². The van der Waals surface area contributed by atoms with Gasteiger partial charge in [0.2, 0.25) is 0 Å². The second-order valence-electron chi connectivity index (χ2n) is 6.49. The predicted octanol–water partition coefficient (Wildman–Crippen LogP) is 4.59. The summed E-state index contributed by atoms with van der Waals surface area (Å²) in [5.41, 5.74) is 5.97. The maximum Gasteiger partial charge on any atom is 0.159 e. The highest BCUT2D eigenvalue weighted by atomic mass is 35.5. The quantitative estimate of drug-likeness (QED) is 0.751. The van der Waals surface area contributed by atoms with Crippen LogP contribution in [0.5, 0.6) is 0 Å². The fourth-order valence-corrected chi connectivity index (χ4v) is 3.37. The fourth-order valence-electron chi connectivity index (χ4n) is 3.24. The Morgan fingerprint density at radius 1 is 1.00 bits per heavy atom. The van der Waals surface area contributed by atoms with Crippen molar-refractivity contribution < 1.29 is 0 Å². The molecule has 1 atom stereocenters. The Morgan fingerprint density at radius 2 is 1.68 bits per heavy atom. The normalized spacial score (nSPS) is 14.8. The minimum Gasteiger partial charge on any atom is -0.312 e. The number of fused-ring (bicyclic) bond motifs is 1. The Morgan fingerprint density at radius 3 is 2.40 bits per heavy atom. The zero-order valence-corrected chi connectivity index (χ0v) is 14.9. The highest BCUT2D eigenvalue weighted by molar-refractivity contribution is 6.30. The maximum absolute atomic E-state index is 5.98. The molecule has 0 amide bonds. The molecule has 0 radical (unpaired) electrons. The van der Waals surface area contributed by atoms with Crippen LogP contribution in [0.2, 0.25) is 5.02 Å². The average molecular weight is 350 g/mol. The van der Waals surface area contributed by atoms with Crippen molar-refractivity contribution in [2.24, 2.45) is 0 Å². The standard InChI is InChI=1S/C21H20ClN3/c1-14(16-6-8-19(22)9-7-16)15-2-4-17(5-3-15)21-24-13-18-12-23-11-10-20(18)25-21/h2-9,13-14,23H,10-12H2,1H3. The molecule has 0 bridgehead atoms. The summed E-state index contributed by atoms with van der Waals surface area (Å²) in [6.07, 6.45) is 2.92. The minimum absolute atomic E-state index is 0.321. The van der Waals surface area contributed by atoms with Crippen molar-refractivity contribution in [3.05, 3.63) is 82.1 Å². The molecule has 4 heteroatoms. The SMILES string of the molecule is CC(c1ccc(Cl)cc1)c1ccc(-c2ncc3c(n2)CCNC3)cc1. The molecule has 1 unspecified atom stereocenters. The number of hydrogen-bond donors (Lipinski definition) is 1. The number of hydrogen-bond acceptors (Lipinski definition) is 3. The number of nitrogens with zero attached hydrogens (tertiary/aromatic N) is 2. The van der Waals surface area contributed by atoms with Gasteiger partial charge in [-0.3, -0.25) is 0 Å². The minimum atomic E-state index is 0.321. The van der Waals surface area contributed by atoms with Gasteiger partial charge in [-0.1, -0.05) is 54.9 Å². The highest BCUT2D eigenvalue weighted by Crippen LogP contribution is 2.27. The van der Waals surface area contributed by atoms with E-state index in [1.807, 2.05) is 18.3 Å². The first-order chi connectivity index (χ1) is 12.2. The van der Waals surface area contributed by atoms with Crippen LogP contribution in [0.3, 0.4) is 0 Å². The molecule has 0 aliphatic carbocycles. The molecule has 1 N–H and O–H groups in total. The van der Waals surface area contributed by atoms with E-state index in [9.17, 15) is 0 Å². The van der Waals surface area contributed by atoms with Gasteiger partial charge < -0.3 is 5.32 Å². The van der Waals surface area contributed by atoms with Crippen molar-refractivity contribution in [1.29, 1.82) is 0 Å². The summed E-state index contributed by atoms with van der Waals surface area (Å²) in [6, 6.07) is 16.6. The van der Waals surface area contributed by atoms with Gasteiger partial charge in [0.15, 0.2) is 5.82 Å². The molecule has 0 spiro atoms. The summed E-state index contributed by atoms with van der Waals surface area (Å²) in [6.45, 7) is 4.06. The molecule has 2 heterocycles. The van der Waals surface area contributed by atoms with E-state index in [1.165, 1.54) is 22.4 Å². The molecule has 0 saturated carbocycles. The monoisotopic (exact) mass is 349 g/mol. The molecule has 0 fully saturated rings. The molecule has 3 aromatic rings. The van der Waals surface area contributed by atoms with Gasteiger partial charge in [0.05, 0.1) is 5.69 Å². The van der Waals surface area contributed by atoms with Crippen molar-refractivity contribution in [3.63, 3.8) is 0 Å². The molecule has 126 valence electrons. The summed E-state index contributed by atoms with van der Waals surface area (Å²) >= 11 is 5.98. The van der Waals surface area contributed by atoms with E-state index in [0.29, 0.717) is 5.92 Å². The largest absolute Gasteiger partial charge is 0.312 e. The third-order valence-corrected chi connectivity index (χ3v) is 5.10. The Bertz CT molecular complexity index is 873. The van der Waals surface area contributed by atoms with Gasteiger partial charge in [0, 0.05) is 47.8 Å². The molecule has 3 nitrogen and oxygen atoms in total. The number of halogens is 1. The van der Waals surface area contributed by atoms with E-state index in [1.54, 1.807) is 0 Å². The predicted molar refractivity (Wildman–Crippen MR) is 102 cm³/mol. The van der Waals surface area contributed by atoms with Gasteiger partial charge in [-0.2, -0.15) is 0 Å². The molecular weight excluding hydrogens is 330 g/mol. The Kier molecular flexibility index (Phi) is 4.51. The number of aromatic nitrogens is 2. The van der Waals surface area contributed by atoms with Crippen molar-refractivity contribution in [3.8, 4) is 11.4 Å². The third-order valence-electron chi connectivity index (χ3n) is 4.85. The van der Waals surface area contributed by atoms with Crippen molar-refractivity contribution in [2.45, 2.75) is 25.8 Å². The fraction of sp³-hybridized carbons (Fsp3) is 0.238. The van der Waals surface area contributed by atoms with Crippen molar-refractivity contribution in [2.75, 3.05) is 6.54 Å². The van der Waals surface area contributed by atoms with Crippen LogP contribution in [0.4, 0.5) is 0 Å². The molecule has 25 heavy (non-hydrogen) atoms. The lowest BCUT2D eigenvalue weighted by atomic mass is 9.92. The first-order valence-corrected chi connectivity index (χ1v) is 9.00. The third kappa shape index (κ3) is 3.44. The van der Waals surface area contributed by atoms with Gasteiger partial charge in [-0.05, 0) is 23.3 Å². The second kappa shape index (κ2) is 6.95. The summed E-state index contributed by atoms with van der Waals surface area (Å²) in [5, 5.41) is 4.12. The molecular formula is C21H20ClN3. The number of benzene rings is 2. The molecule has 0 saturated heterocycles. The van der Waals surface area contributed by atoms with E-state index in [4.69, 9.17) is 16.6 Å². The topological polar surface area (TPSA) is 37.8 Å². The molecule has 1 aliphatic heterocycles. The Hall–Kier alpha value is -2.23. The summed E-state index contributed by atoms with van der Waals surface area (Å²) < 4.78 is 0. The number of rotatable bonds is 3. The maximum atomic E-state index is 5.98. The molecule has 1 aromatic heterocycles. The van der Waals surface area contributed by atoms with E-state index >= 15 is 0 Å². The smallest absolute Gasteiger partial charge is 0.159 e. The van der Waals surface area contributed by atoms with Gasteiger partial charge in [0.25, 0.3) is 0 Å². The van der Waals surface area contributed by atoms with E-state index in [0.717, 1.165) is 35.9 Å². The van der Waals surface area contributed by atoms with Crippen LogP contribution < -0.4 is 5.32 Å². The van der Waals surface area contributed by atoms with Gasteiger partial charge in [-0.25, -0.2) is 9.97 Å². The summed E-state index contributed by atoms with van der Waals surface area (Å²) in [5.74, 6) is 1.13. The van der Waals surface area contributed by atoms with Gasteiger partial charge in [0.1, 0.15) is 0 Å². The van der Waals surface area contributed by atoms with Crippen molar-refractivity contribution in [1.82, 2.24) is 15.3 Å². The summed E-state index contributed by atoms with van der Waals surface area (Å²) in [4.78, 5) is 9.30. The summed E-state index contributed by atoms with van der Waals surface area (Å²) in [7, 11) is 0. The van der Waals surface area contributed by atoms with Gasteiger partial charge in [-0.15, -0.1) is 0 Å². The van der Waals surface area contributed by atoms with Crippen LogP contribution in [0.25, 0.3) is 11.4 Å². The van der Waals surface area contributed by atoms with E-state index in [-0.39, 0.29) is 0 Å². The van der Waals surface area contributed by atoms with Crippen LogP contribution in [0, 0.1) is 0 Å². The average Bonchev–Trinajstić information content (AvgIpc) is 2.68. The van der Waals surface area contributed by atoms with Crippen LogP contribution in [-0.4, -0.2) is 16.5 Å². The first kappa shape index (κ1) is 16.2. The Balaban J connectivity index is 1.58. The Labute approximate surface area is 153 Å². The molecule has 4 rings (SSSR count). The molecule has 1 aliphatic rings. The van der Waals surface area contributed by atoms with Gasteiger partial charge >= 0.3 is 0 Å². The highest BCUT2D eigenvalue weighted by Gasteiger charge is 2.13. The van der Waals surface area contributed by atoms with Crippen LogP contribution >= 0.6 is 11.6 Å². The molecule has 2 aromatic carbocycles. The first-order valence-electron chi connectivity index (χ1n) is 8.62. The lowest BCUT2D eigenvalue weighted by Gasteiger charge is -2.16. The second-order valence-corrected chi connectivity index (χ2v) is 6.92. The lowest BCUT2D eigenvalue weighted by Crippen LogP contribution is -2.24. The van der Waals surface area contributed by atoms with Crippen LogP contribution in [-0.2, 0) is 13.0 Å². The van der Waals surface area contributed by atoms with Crippen LogP contribution in [0.15, 0.2) is 54.7 Å². The van der Waals surface area contributed by atoms with E-state index < -0.39 is 0 Å². The number of nitrogens with one attached hydrogen (secondary N) is 1. The zero-order chi connectivity index (χ0) is 17.2.